The fraction of sp³-hybridized carbons (Fsp3) is 0.829. The molecule has 1 aromatic rings. The van der Waals surface area contributed by atoms with Crippen molar-refractivity contribution in [2.75, 3.05) is 6.61 Å². The van der Waals surface area contributed by atoms with Crippen molar-refractivity contribution in [3.8, 4) is 0 Å². The Morgan fingerprint density at radius 3 is 1.74 bits per heavy atom. The van der Waals surface area contributed by atoms with Crippen molar-refractivity contribution >= 4 is 30.0 Å². The van der Waals surface area contributed by atoms with Gasteiger partial charge in [-0.3, -0.25) is 14.4 Å². The van der Waals surface area contributed by atoms with E-state index < -0.39 is 184 Å². The maximum Gasteiger partial charge on any atom is 0.331 e. The van der Waals surface area contributed by atoms with Crippen LogP contribution in [0.5, 0.6) is 0 Å². The van der Waals surface area contributed by atoms with Crippen molar-refractivity contribution in [2.24, 2.45) is 0 Å². The molecule has 6 saturated heterocycles. The van der Waals surface area contributed by atoms with Crippen molar-refractivity contribution in [2.45, 2.75) is 362 Å². The van der Waals surface area contributed by atoms with Gasteiger partial charge in [-0.05, 0) is 65.0 Å². The summed E-state index contributed by atoms with van der Waals surface area (Å²) in [4.78, 5) is 55.2. The average molecular weight is 1370 g/mol. The minimum absolute atomic E-state index is 0.0539. The van der Waals surface area contributed by atoms with Crippen LogP contribution in [-0.4, -0.2) is 231 Å². The average Bonchev–Trinajstić information content (AvgIpc) is 0.764. The van der Waals surface area contributed by atoms with Gasteiger partial charge in [-0.2, -0.15) is 0 Å². The summed E-state index contributed by atoms with van der Waals surface area (Å²) in [5.74, 6) is -3.21. The van der Waals surface area contributed by atoms with E-state index >= 15 is 0 Å². The number of aliphatic hydroxyl groups excluding tert-OH is 8. The zero-order valence-corrected chi connectivity index (χ0v) is 57.2. The second-order valence-corrected chi connectivity index (χ2v) is 26.6. The van der Waals surface area contributed by atoms with E-state index in [0.29, 0.717) is 37.7 Å². The Morgan fingerprint density at radius 2 is 1.06 bits per heavy atom. The van der Waals surface area contributed by atoms with E-state index in [2.05, 4.69) is 13.8 Å². The predicted molar refractivity (Wildman–Crippen MR) is 342 cm³/mol. The molecule has 548 valence electrons. The first kappa shape index (κ1) is 79.4. The molecule has 0 bridgehead atoms. The van der Waals surface area contributed by atoms with Crippen molar-refractivity contribution in [3.05, 3.63) is 42.0 Å². The van der Waals surface area contributed by atoms with E-state index in [1.807, 2.05) is 0 Å². The first-order valence-corrected chi connectivity index (χ1v) is 35.6. The molecule has 26 heteroatoms. The summed E-state index contributed by atoms with van der Waals surface area (Å²) in [6.07, 6.45) is -20.2. The zero-order valence-electron chi connectivity index (χ0n) is 57.2. The quantitative estimate of drug-likeness (QED) is 0.0219. The number of benzene rings is 1. The Hall–Kier alpha value is -3.88. The maximum absolute atomic E-state index is 14.5. The van der Waals surface area contributed by atoms with Gasteiger partial charge in [0.25, 0.3) is 0 Å². The van der Waals surface area contributed by atoms with Crippen LogP contribution in [0.3, 0.4) is 0 Å². The maximum atomic E-state index is 14.5. The first-order valence-electron chi connectivity index (χ1n) is 35.6. The number of hydrogen-bond acceptors (Lipinski definition) is 26. The normalized spacial score (nSPS) is 38.5. The summed E-state index contributed by atoms with van der Waals surface area (Å²) >= 11 is 0. The summed E-state index contributed by atoms with van der Waals surface area (Å²) in [6, 6.07) is 8.79. The SMILES string of the molecule is CCCCCCCCCCCC(=O)O[C@H]1[C@H](O[C@@H]2[C@@H](O)[C@H]3OC(=O)CCCCCCCCC[C@H](CCCCC)O[C@@H]4O[C@H](C)[C@H](O)[C@H](O)[C@H]4O[C@@H]3O[C@H]2C)O[C@@H](C)[C@H](O[C@@H]2O[C@@H](C)[C@H](OC(=O)CC)[C@@H](O)[C@H]2OC(=O)/C=C/c2ccccc2)[C@H]1O[C@@H]1O[C@H](CO)[C@@H](O)[C@H](O)[C@H]1O. The lowest BCUT2D eigenvalue weighted by Gasteiger charge is -2.51. The first-order chi connectivity index (χ1) is 46.2. The lowest BCUT2D eigenvalue weighted by Crippen LogP contribution is -2.68. The Morgan fingerprint density at radius 1 is 0.490 bits per heavy atom. The molecule has 7 rings (SSSR count). The van der Waals surface area contributed by atoms with Gasteiger partial charge in [0.2, 0.25) is 0 Å². The van der Waals surface area contributed by atoms with Crippen LogP contribution in [-0.2, 0) is 85.5 Å². The molecule has 0 unspecified atom stereocenters. The van der Waals surface area contributed by atoms with Crippen molar-refractivity contribution in [1.82, 2.24) is 0 Å². The summed E-state index contributed by atoms with van der Waals surface area (Å²) in [6.45, 7) is 11.0. The van der Waals surface area contributed by atoms with Gasteiger partial charge < -0.3 is 107 Å². The largest absolute Gasteiger partial charge is 0.457 e. The lowest BCUT2D eigenvalue weighted by atomic mass is 9.95. The molecule has 0 aliphatic carbocycles. The fourth-order valence-electron chi connectivity index (χ4n) is 13.2. The topological polar surface area (TPSA) is 359 Å². The summed E-state index contributed by atoms with van der Waals surface area (Å²) < 4.78 is 89.1. The third-order valence-corrected chi connectivity index (χ3v) is 18.9. The minimum atomic E-state index is -2.06. The predicted octanol–water partition coefficient (Wildman–Crippen LogP) is 5.93. The number of carbonyl (C=O) groups excluding carboxylic acids is 4. The third-order valence-electron chi connectivity index (χ3n) is 18.9. The number of unbranched alkanes of at least 4 members (excludes halogenated alkanes) is 10. The van der Waals surface area contributed by atoms with E-state index in [1.165, 1.54) is 26.8 Å². The number of aliphatic hydroxyl groups is 8. The van der Waals surface area contributed by atoms with Crippen LogP contribution >= 0.6 is 0 Å². The second kappa shape index (κ2) is 40.5. The highest BCUT2D eigenvalue weighted by molar-refractivity contribution is 5.87. The smallest absolute Gasteiger partial charge is 0.331 e. The summed E-state index contributed by atoms with van der Waals surface area (Å²) in [5.41, 5.74) is 0.630. The molecule has 0 amide bonds. The van der Waals surface area contributed by atoms with Crippen LogP contribution in [0.15, 0.2) is 36.4 Å². The molecule has 26 nitrogen and oxygen atoms in total. The van der Waals surface area contributed by atoms with E-state index in [-0.39, 0.29) is 25.4 Å². The van der Waals surface area contributed by atoms with E-state index in [1.54, 1.807) is 44.2 Å². The van der Waals surface area contributed by atoms with Crippen LogP contribution in [0.25, 0.3) is 6.08 Å². The molecule has 0 saturated carbocycles. The molecule has 0 spiro atoms. The van der Waals surface area contributed by atoms with Gasteiger partial charge in [0.15, 0.2) is 55.9 Å². The van der Waals surface area contributed by atoms with E-state index in [4.69, 9.17) is 66.3 Å². The van der Waals surface area contributed by atoms with Crippen molar-refractivity contribution < 1.29 is 126 Å². The Bertz CT molecular complexity index is 2460. The highest BCUT2D eigenvalue weighted by Gasteiger charge is 2.59. The molecule has 0 aromatic heterocycles. The number of ether oxygens (including phenoxy) is 14. The van der Waals surface area contributed by atoms with E-state index in [0.717, 1.165) is 109 Å². The second-order valence-electron chi connectivity index (χ2n) is 26.6. The molecular formula is C70H112O26. The van der Waals surface area contributed by atoms with E-state index in [9.17, 15) is 60.0 Å². The minimum Gasteiger partial charge on any atom is -0.457 e. The van der Waals surface area contributed by atoms with Gasteiger partial charge in [0.1, 0.15) is 73.2 Å². The van der Waals surface area contributed by atoms with Crippen LogP contribution in [0, 0.1) is 0 Å². The number of esters is 4. The highest BCUT2D eigenvalue weighted by atomic mass is 16.8. The number of rotatable bonds is 27. The molecule has 26 atom stereocenters. The van der Waals surface area contributed by atoms with Gasteiger partial charge in [-0.15, -0.1) is 0 Å². The molecule has 0 radical (unpaired) electrons. The molecule has 6 fully saturated rings. The molecule has 6 heterocycles. The Labute approximate surface area is 565 Å². The fourth-order valence-corrected chi connectivity index (χ4v) is 13.2. The monoisotopic (exact) mass is 1370 g/mol. The van der Waals surface area contributed by atoms with Crippen LogP contribution in [0.2, 0.25) is 0 Å². The third kappa shape index (κ3) is 22.8. The zero-order chi connectivity index (χ0) is 69.4. The van der Waals surface area contributed by atoms with Crippen LogP contribution < -0.4 is 0 Å². The van der Waals surface area contributed by atoms with Gasteiger partial charge in [0.05, 0.1) is 37.1 Å². The van der Waals surface area contributed by atoms with Crippen LogP contribution in [0.1, 0.15) is 208 Å². The molecule has 96 heavy (non-hydrogen) atoms. The molecule has 8 N–H and O–H groups in total. The Balaban J connectivity index is 1.26. The highest BCUT2D eigenvalue weighted by Crippen LogP contribution is 2.40. The number of fused-ring (bicyclic) bond motifs is 2. The summed E-state index contributed by atoms with van der Waals surface area (Å²) in [5, 5.41) is 92.2. The lowest BCUT2D eigenvalue weighted by molar-refractivity contribution is -0.400. The van der Waals surface area contributed by atoms with Gasteiger partial charge in [0, 0.05) is 25.3 Å². The van der Waals surface area contributed by atoms with Gasteiger partial charge in [-0.1, -0.05) is 160 Å². The molecule has 1 aromatic carbocycles. The van der Waals surface area contributed by atoms with Crippen molar-refractivity contribution in [3.63, 3.8) is 0 Å². The standard InChI is InChI=1S/C70H112O26/c1-8-11-13-14-15-16-19-22-30-36-49(74)92-65-64(96-66-55(80)53(78)52(77)46(39-71)88-66)60(94-68-62(56(81)58(41(5)84-68)89-47(72)10-3)91-50(75)38-37-44-31-26-24-27-32-44)43(7)86-70(65)93-59-42(6)85-69-63(57(59)82)90-48(73)35-29-23-20-17-18-21-28-34-45(33-25-12-9-2)87-67-61(95-69)54(79)51(76)40(4)83-67/h24,26-27,31-32,37-38,40-43,45-46,51-71,76-82H,8-23,25,28-30,33-36,39H2,1-7H3/b38-37+/t40-,41+,42+,43+,45+,46-,51+,52-,53+,54+,55-,56-,57-,58+,59+,60+,61-,62-,63-,64-,65-,66+,67+,68+,69+,70+/m1/s1. The van der Waals surface area contributed by atoms with Gasteiger partial charge >= 0.3 is 23.9 Å². The molecule has 6 aliphatic heterocycles. The number of carbonyl (C=O) groups is 4. The van der Waals surface area contributed by atoms with Gasteiger partial charge in [-0.25, -0.2) is 4.79 Å². The molecular weight excluding hydrogens is 1260 g/mol. The molecule has 6 aliphatic rings. The number of hydrogen-bond donors (Lipinski definition) is 8. The Kier molecular flexibility index (Phi) is 33.5. The van der Waals surface area contributed by atoms with Crippen LogP contribution in [0.4, 0.5) is 0 Å². The summed E-state index contributed by atoms with van der Waals surface area (Å²) in [7, 11) is 0. The van der Waals surface area contributed by atoms with Crippen molar-refractivity contribution in [1.29, 1.82) is 0 Å².